The number of aromatic amines is 1. The first-order chi connectivity index (χ1) is 12.8. The van der Waals surface area contributed by atoms with E-state index >= 15 is 0 Å². The topological polar surface area (TPSA) is 88.5 Å². The molecule has 26 heavy (non-hydrogen) atoms. The first-order valence-electron chi connectivity index (χ1n) is 8.45. The number of amides is 1. The number of benzene rings is 1. The van der Waals surface area contributed by atoms with Gasteiger partial charge in [0.2, 0.25) is 5.91 Å². The molecule has 0 aliphatic carbocycles. The van der Waals surface area contributed by atoms with Gasteiger partial charge in [0.1, 0.15) is 18.0 Å². The Morgan fingerprint density at radius 1 is 1.23 bits per heavy atom. The number of H-pyrrole nitrogens is 1. The molecule has 1 amide bonds. The molecule has 0 aliphatic heterocycles. The lowest BCUT2D eigenvalue weighted by Gasteiger charge is -2.15. The van der Waals surface area contributed by atoms with Crippen molar-refractivity contribution in [3.8, 4) is 11.3 Å². The fraction of sp³-hybridized carbons (Fsp3) is 0.158. The SMILES string of the molecule is CCC(C(=O)Nc1ccccc1)n1cc(-c2ncnc3[nH]ccc23)cn1. The highest BCUT2D eigenvalue weighted by Crippen LogP contribution is 2.25. The van der Waals surface area contributed by atoms with E-state index in [-0.39, 0.29) is 5.91 Å². The third kappa shape index (κ3) is 2.95. The van der Waals surface area contributed by atoms with Gasteiger partial charge in [-0.1, -0.05) is 25.1 Å². The summed E-state index contributed by atoms with van der Waals surface area (Å²) in [7, 11) is 0. The van der Waals surface area contributed by atoms with Crippen LogP contribution in [-0.4, -0.2) is 30.6 Å². The van der Waals surface area contributed by atoms with Crippen LogP contribution >= 0.6 is 0 Å². The second kappa shape index (κ2) is 6.79. The molecule has 130 valence electrons. The maximum Gasteiger partial charge on any atom is 0.249 e. The summed E-state index contributed by atoms with van der Waals surface area (Å²) in [6, 6.07) is 11.0. The number of carbonyl (C=O) groups excluding carboxylic acids is 1. The molecule has 0 aliphatic rings. The molecular formula is C19H18N6O. The summed E-state index contributed by atoms with van der Waals surface area (Å²) in [5.74, 6) is -0.0946. The lowest BCUT2D eigenvalue weighted by Crippen LogP contribution is -2.25. The average Bonchev–Trinajstić information content (AvgIpc) is 3.32. The van der Waals surface area contributed by atoms with Crippen LogP contribution < -0.4 is 5.32 Å². The van der Waals surface area contributed by atoms with Gasteiger partial charge in [-0.25, -0.2) is 9.97 Å². The predicted octanol–water partition coefficient (Wildman–Crippen LogP) is 3.41. The summed E-state index contributed by atoms with van der Waals surface area (Å²) in [6.07, 6.45) is 7.56. The van der Waals surface area contributed by atoms with E-state index in [4.69, 9.17) is 0 Å². The van der Waals surface area contributed by atoms with E-state index in [2.05, 4.69) is 25.4 Å². The standard InChI is InChI=1S/C19H18N6O/c1-2-16(19(26)24-14-6-4-3-5-7-14)25-11-13(10-23-25)17-15-8-9-20-18(15)22-12-21-17/h3-12,16H,2H2,1H3,(H,24,26)(H,20,21,22). The largest absolute Gasteiger partial charge is 0.346 e. The number of carbonyl (C=O) groups is 1. The minimum atomic E-state index is -0.396. The molecule has 2 N–H and O–H groups in total. The van der Waals surface area contributed by atoms with Crippen LogP contribution in [0, 0.1) is 0 Å². The maximum atomic E-state index is 12.7. The van der Waals surface area contributed by atoms with Crippen LogP contribution in [0.15, 0.2) is 61.3 Å². The lowest BCUT2D eigenvalue weighted by atomic mass is 10.2. The fourth-order valence-electron chi connectivity index (χ4n) is 2.97. The molecule has 3 aromatic heterocycles. The van der Waals surface area contributed by atoms with Crippen LogP contribution in [0.1, 0.15) is 19.4 Å². The number of rotatable bonds is 5. The van der Waals surface area contributed by atoms with Gasteiger partial charge in [-0.2, -0.15) is 5.10 Å². The van der Waals surface area contributed by atoms with Crippen molar-refractivity contribution in [2.75, 3.05) is 5.32 Å². The number of fused-ring (bicyclic) bond motifs is 1. The summed E-state index contributed by atoms with van der Waals surface area (Å²) in [5, 5.41) is 8.26. The summed E-state index contributed by atoms with van der Waals surface area (Å²) in [6.45, 7) is 1.96. The van der Waals surface area contributed by atoms with Crippen LogP contribution in [0.2, 0.25) is 0 Å². The van der Waals surface area contributed by atoms with Gasteiger partial charge in [-0.3, -0.25) is 9.48 Å². The number of para-hydroxylation sites is 1. The summed E-state index contributed by atoms with van der Waals surface area (Å²) in [5.41, 5.74) is 3.19. The van der Waals surface area contributed by atoms with Gasteiger partial charge in [0.15, 0.2) is 0 Å². The molecule has 1 atom stereocenters. The van der Waals surface area contributed by atoms with Gasteiger partial charge < -0.3 is 10.3 Å². The highest BCUT2D eigenvalue weighted by atomic mass is 16.2. The lowest BCUT2D eigenvalue weighted by molar-refractivity contribution is -0.119. The van der Waals surface area contributed by atoms with Crippen molar-refractivity contribution in [3.05, 3.63) is 61.3 Å². The maximum absolute atomic E-state index is 12.7. The van der Waals surface area contributed by atoms with E-state index in [1.807, 2.05) is 55.7 Å². The molecule has 0 radical (unpaired) electrons. The molecule has 1 aromatic carbocycles. The van der Waals surface area contributed by atoms with E-state index in [0.717, 1.165) is 28.0 Å². The Balaban J connectivity index is 1.61. The molecule has 0 saturated carbocycles. The summed E-state index contributed by atoms with van der Waals surface area (Å²) in [4.78, 5) is 24.3. The van der Waals surface area contributed by atoms with Gasteiger partial charge in [0.25, 0.3) is 0 Å². The highest BCUT2D eigenvalue weighted by molar-refractivity contribution is 5.94. The first kappa shape index (κ1) is 16.0. The molecule has 0 spiro atoms. The van der Waals surface area contributed by atoms with Gasteiger partial charge >= 0.3 is 0 Å². The Morgan fingerprint density at radius 2 is 2.08 bits per heavy atom. The smallest absolute Gasteiger partial charge is 0.249 e. The van der Waals surface area contributed by atoms with Crippen molar-refractivity contribution in [1.29, 1.82) is 0 Å². The molecule has 0 bridgehead atoms. The van der Waals surface area contributed by atoms with Crippen LogP contribution in [0.5, 0.6) is 0 Å². The number of nitrogens with one attached hydrogen (secondary N) is 2. The van der Waals surface area contributed by atoms with Crippen molar-refractivity contribution in [1.82, 2.24) is 24.7 Å². The average molecular weight is 346 g/mol. The van der Waals surface area contributed by atoms with Crippen LogP contribution in [-0.2, 0) is 4.79 Å². The van der Waals surface area contributed by atoms with Crippen molar-refractivity contribution in [2.24, 2.45) is 0 Å². The molecule has 0 saturated heterocycles. The van der Waals surface area contributed by atoms with Crippen LogP contribution in [0.4, 0.5) is 5.69 Å². The zero-order valence-corrected chi connectivity index (χ0v) is 14.3. The quantitative estimate of drug-likeness (QED) is 0.579. The summed E-state index contributed by atoms with van der Waals surface area (Å²) < 4.78 is 1.69. The molecular weight excluding hydrogens is 328 g/mol. The zero-order valence-electron chi connectivity index (χ0n) is 14.3. The third-order valence-corrected chi connectivity index (χ3v) is 4.28. The fourth-order valence-corrected chi connectivity index (χ4v) is 2.97. The summed E-state index contributed by atoms with van der Waals surface area (Å²) >= 11 is 0. The van der Waals surface area contributed by atoms with Crippen molar-refractivity contribution >= 4 is 22.6 Å². The highest BCUT2D eigenvalue weighted by Gasteiger charge is 2.20. The van der Waals surface area contributed by atoms with E-state index in [1.165, 1.54) is 6.33 Å². The molecule has 7 nitrogen and oxygen atoms in total. The number of hydrogen-bond acceptors (Lipinski definition) is 4. The van der Waals surface area contributed by atoms with Crippen molar-refractivity contribution < 1.29 is 4.79 Å². The minimum Gasteiger partial charge on any atom is -0.346 e. The van der Waals surface area contributed by atoms with Gasteiger partial charge in [-0.15, -0.1) is 0 Å². The number of nitrogens with zero attached hydrogens (tertiary/aromatic N) is 4. The Hall–Kier alpha value is -3.48. The number of hydrogen-bond donors (Lipinski definition) is 2. The second-order valence-electron chi connectivity index (χ2n) is 5.95. The van der Waals surface area contributed by atoms with E-state index < -0.39 is 6.04 Å². The van der Waals surface area contributed by atoms with E-state index in [1.54, 1.807) is 10.9 Å². The number of anilines is 1. The van der Waals surface area contributed by atoms with Gasteiger partial charge in [0, 0.05) is 29.0 Å². The first-order valence-corrected chi connectivity index (χ1v) is 8.45. The molecule has 3 heterocycles. The van der Waals surface area contributed by atoms with Gasteiger partial charge in [-0.05, 0) is 24.6 Å². The van der Waals surface area contributed by atoms with Crippen LogP contribution in [0.25, 0.3) is 22.3 Å². The van der Waals surface area contributed by atoms with Gasteiger partial charge in [0.05, 0.1) is 11.9 Å². The monoisotopic (exact) mass is 346 g/mol. The zero-order chi connectivity index (χ0) is 17.9. The molecule has 4 aromatic rings. The number of aromatic nitrogens is 5. The van der Waals surface area contributed by atoms with E-state index in [9.17, 15) is 4.79 Å². The Kier molecular flexibility index (Phi) is 4.18. The minimum absolute atomic E-state index is 0.0946. The molecule has 0 fully saturated rings. The van der Waals surface area contributed by atoms with Crippen LogP contribution in [0.3, 0.4) is 0 Å². The molecule has 1 unspecified atom stereocenters. The molecule has 4 rings (SSSR count). The second-order valence-corrected chi connectivity index (χ2v) is 5.95. The predicted molar refractivity (Wildman–Crippen MR) is 99.5 cm³/mol. The Bertz CT molecular complexity index is 1040. The third-order valence-electron chi connectivity index (χ3n) is 4.28. The Morgan fingerprint density at radius 3 is 2.88 bits per heavy atom. The van der Waals surface area contributed by atoms with E-state index in [0.29, 0.717) is 6.42 Å². The normalized spacial score (nSPS) is 12.2. The van der Waals surface area contributed by atoms with Crippen molar-refractivity contribution in [2.45, 2.75) is 19.4 Å². The molecule has 7 heteroatoms. The van der Waals surface area contributed by atoms with Crippen molar-refractivity contribution in [3.63, 3.8) is 0 Å². The Labute approximate surface area is 150 Å².